The summed E-state index contributed by atoms with van der Waals surface area (Å²) in [4.78, 5) is 7.41. The maximum Gasteiger partial charge on any atom is 0.285 e. The number of imidazole rings is 1. The summed E-state index contributed by atoms with van der Waals surface area (Å²) < 4.78 is 30.3. The van der Waals surface area contributed by atoms with Crippen LogP contribution in [-0.2, 0) is 0 Å². The standard InChI is InChI=1S/C19H22F2N6O2S2/c20-14(21)16(23)30-15(22)13-6-24-17-12(26-8-18(9-26)4-10(28)5-18)3-11(7-27(13)17)31-25-19(29)1-2-19/h3,6-7,10,14,22-23,25,28-29H,1-2,4-5,8-9H2. The molecule has 1 aliphatic heterocycles. The van der Waals surface area contributed by atoms with E-state index in [-0.39, 0.29) is 16.6 Å². The number of hydrogen-bond acceptors (Lipinski definition) is 9. The third-order valence-corrected chi connectivity index (χ3v) is 7.77. The molecule has 0 amide bonds. The molecule has 2 saturated carbocycles. The van der Waals surface area contributed by atoms with E-state index in [9.17, 15) is 19.0 Å². The highest BCUT2D eigenvalue weighted by atomic mass is 32.2. The van der Waals surface area contributed by atoms with E-state index in [1.165, 1.54) is 18.1 Å². The van der Waals surface area contributed by atoms with Crippen LogP contribution in [0.25, 0.3) is 5.65 Å². The Morgan fingerprint density at radius 2 is 2.00 bits per heavy atom. The summed E-state index contributed by atoms with van der Waals surface area (Å²) in [6.45, 7) is 1.60. The fourth-order valence-corrected chi connectivity index (χ4v) is 5.62. The number of rotatable bonds is 6. The van der Waals surface area contributed by atoms with Crippen LogP contribution in [0.1, 0.15) is 31.4 Å². The molecule has 0 aromatic carbocycles. The maximum atomic E-state index is 12.8. The SMILES string of the molecule is N=C(SC(=N)C(F)F)c1cnc2c(N3CC4(CC(O)C4)C3)cc(SNC3(O)CC3)cn12. The fraction of sp³-hybridized carbons (Fsp3) is 0.526. The zero-order valence-electron chi connectivity index (χ0n) is 16.4. The molecule has 166 valence electrons. The quantitative estimate of drug-likeness (QED) is 0.191. The van der Waals surface area contributed by atoms with Crippen LogP contribution in [0.2, 0.25) is 0 Å². The number of pyridine rings is 1. The second-order valence-electron chi connectivity index (χ2n) is 8.65. The Kier molecular flexibility index (Phi) is 5.05. The number of aromatic nitrogens is 2. The van der Waals surface area contributed by atoms with Crippen LogP contribution in [0.5, 0.6) is 0 Å². The normalized spacial score (nSPS) is 21.4. The minimum atomic E-state index is -2.93. The molecule has 1 saturated heterocycles. The molecule has 5 N–H and O–H groups in total. The van der Waals surface area contributed by atoms with Gasteiger partial charge in [-0.25, -0.2) is 18.5 Å². The van der Waals surface area contributed by atoms with E-state index in [0.29, 0.717) is 35.9 Å². The highest BCUT2D eigenvalue weighted by Gasteiger charge is 2.52. The Morgan fingerprint density at radius 3 is 2.61 bits per heavy atom. The summed E-state index contributed by atoms with van der Waals surface area (Å²) >= 11 is 1.69. The minimum absolute atomic E-state index is 0.144. The Bertz CT molecular complexity index is 1060. The lowest BCUT2D eigenvalue weighted by Crippen LogP contribution is -2.64. The van der Waals surface area contributed by atoms with E-state index in [1.807, 2.05) is 6.07 Å². The molecule has 0 unspecified atom stereocenters. The molecule has 2 aliphatic carbocycles. The average Bonchev–Trinajstić information content (AvgIpc) is 3.24. The molecule has 0 radical (unpaired) electrons. The van der Waals surface area contributed by atoms with Crippen molar-refractivity contribution in [3.05, 3.63) is 24.2 Å². The molecule has 12 heteroatoms. The number of nitrogens with zero attached hydrogens (tertiary/aromatic N) is 3. The minimum Gasteiger partial charge on any atom is -0.393 e. The predicted molar refractivity (Wildman–Crippen MR) is 116 cm³/mol. The fourth-order valence-electron chi connectivity index (χ4n) is 4.21. The van der Waals surface area contributed by atoms with Crippen molar-refractivity contribution < 1.29 is 19.0 Å². The molecule has 1 spiro atoms. The van der Waals surface area contributed by atoms with Gasteiger partial charge in [-0.15, -0.1) is 0 Å². The third-order valence-electron chi connectivity index (χ3n) is 6.02. The van der Waals surface area contributed by atoms with Gasteiger partial charge >= 0.3 is 0 Å². The third kappa shape index (κ3) is 3.95. The summed E-state index contributed by atoms with van der Waals surface area (Å²) in [5.41, 5.74) is 1.07. The van der Waals surface area contributed by atoms with Gasteiger partial charge in [0.25, 0.3) is 6.43 Å². The van der Waals surface area contributed by atoms with Crippen LogP contribution >= 0.6 is 23.7 Å². The van der Waals surface area contributed by atoms with E-state index in [4.69, 9.17) is 10.8 Å². The lowest BCUT2D eigenvalue weighted by Gasteiger charge is -2.58. The van der Waals surface area contributed by atoms with Gasteiger partial charge in [0.05, 0.1) is 23.7 Å². The lowest BCUT2D eigenvalue weighted by atomic mass is 9.62. The first-order chi connectivity index (χ1) is 14.7. The maximum absolute atomic E-state index is 12.8. The second kappa shape index (κ2) is 7.41. The largest absolute Gasteiger partial charge is 0.393 e. The van der Waals surface area contributed by atoms with Gasteiger partial charge in [0.1, 0.15) is 15.8 Å². The number of alkyl halides is 2. The van der Waals surface area contributed by atoms with Crippen LogP contribution in [0.15, 0.2) is 23.4 Å². The van der Waals surface area contributed by atoms with Crippen molar-refractivity contribution in [1.82, 2.24) is 14.1 Å². The number of aliphatic hydroxyl groups is 2. The van der Waals surface area contributed by atoms with Crippen LogP contribution in [-0.4, -0.2) is 61.0 Å². The number of aliphatic hydroxyl groups excluding tert-OH is 1. The average molecular weight is 469 g/mol. The highest BCUT2D eigenvalue weighted by Crippen LogP contribution is 2.50. The van der Waals surface area contributed by atoms with Crippen molar-refractivity contribution in [3.8, 4) is 0 Å². The predicted octanol–water partition coefficient (Wildman–Crippen LogP) is 2.68. The number of fused-ring (bicyclic) bond motifs is 1. The molecule has 2 aromatic heterocycles. The summed E-state index contributed by atoms with van der Waals surface area (Å²) in [5.74, 6) is 0. The summed E-state index contributed by atoms with van der Waals surface area (Å²) in [7, 11) is 0. The Labute approximate surface area is 185 Å². The van der Waals surface area contributed by atoms with Crippen molar-refractivity contribution in [3.63, 3.8) is 0 Å². The number of anilines is 1. The van der Waals surface area contributed by atoms with Gasteiger partial charge in [-0.2, -0.15) is 0 Å². The van der Waals surface area contributed by atoms with Gasteiger partial charge in [-0.3, -0.25) is 15.2 Å². The zero-order chi connectivity index (χ0) is 22.0. The van der Waals surface area contributed by atoms with E-state index in [1.54, 1.807) is 10.6 Å². The van der Waals surface area contributed by atoms with Crippen molar-refractivity contribution in [2.75, 3.05) is 18.0 Å². The Morgan fingerprint density at radius 1 is 1.29 bits per heavy atom. The van der Waals surface area contributed by atoms with Crippen molar-refractivity contribution in [1.29, 1.82) is 10.8 Å². The van der Waals surface area contributed by atoms with E-state index >= 15 is 0 Å². The first kappa shape index (κ1) is 21.1. The summed E-state index contributed by atoms with van der Waals surface area (Å²) in [5, 5.41) is 34.3. The summed E-state index contributed by atoms with van der Waals surface area (Å²) in [6, 6.07) is 1.97. The van der Waals surface area contributed by atoms with E-state index < -0.39 is 17.2 Å². The number of thioether (sulfide) groups is 1. The Balaban J connectivity index is 1.45. The van der Waals surface area contributed by atoms with Gasteiger partial charge in [0.15, 0.2) is 5.65 Å². The molecule has 0 bridgehead atoms. The van der Waals surface area contributed by atoms with Gasteiger partial charge in [0.2, 0.25) is 0 Å². The molecule has 31 heavy (non-hydrogen) atoms. The van der Waals surface area contributed by atoms with Crippen LogP contribution < -0.4 is 9.62 Å². The monoisotopic (exact) mass is 468 g/mol. The topological polar surface area (TPSA) is 121 Å². The molecule has 3 aliphatic rings. The smallest absolute Gasteiger partial charge is 0.285 e. The molecule has 2 aromatic rings. The zero-order valence-corrected chi connectivity index (χ0v) is 18.1. The second-order valence-corrected chi connectivity index (χ2v) is 10.6. The van der Waals surface area contributed by atoms with E-state index in [2.05, 4.69) is 14.6 Å². The van der Waals surface area contributed by atoms with E-state index in [0.717, 1.165) is 36.5 Å². The molecular weight excluding hydrogens is 446 g/mol. The molecule has 5 rings (SSSR count). The van der Waals surface area contributed by atoms with Crippen molar-refractivity contribution in [2.45, 2.75) is 48.8 Å². The first-order valence-corrected chi connectivity index (χ1v) is 11.5. The lowest BCUT2D eigenvalue weighted by molar-refractivity contribution is -0.0491. The Hall–Kier alpha value is -1.73. The van der Waals surface area contributed by atoms with Crippen LogP contribution in [0.4, 0.5) is 14.5 Å². The molecule has 3 fully saturated rings. The summed E-state index contributed by atoms with van der Waals surface area (Å²) in [6.07, 6.45) is 3.01. The van der Waals surface area contributed by atoms with Gasteiger partial charge in [0, 0.05) is 29.6 Å². The molecular formula is C19H22F2N6O2S2. The van der Waals surface area contributed by atoms with Gasteiger partial charge in [-0.1, -0.05) is 0 Å². The number of halogens is 2. The van der Waals surface area contributed by atoms with Crippen LogP contribution in [0.3, 0.4) is 0 Å². The first-order valence-electron chi connectivity index (χ1n) is 9.91. The van der Waals surface area contributed by atoms with Crippen molar-refractivity contribution >= 4 is 45.1 Å². The highest BCUT2D eigenvalue weighted by molar-refractivity contribution is 8.26. The number of hydrogen-bond donors (Lipinski definition) is 5. The van der Waals surface area contributed by atoms with Crippen LogP contribution in [0, 0.1) is 16.2 Å². The van der Waals surface area contributed by atoms with Crippen molar-refractivity contribution in [2.24, 2.45) is 5.41 Å². The van der Waals surface area contributed by atoms with Gasteiger partial charge in [-0.05, 0) is 55.5 Å². The molecule has 3 heterocycles. The number of nitrogens with one attached hydrogen (secondary N) is 3. The molecule has 8 nitrogen and oxygen atoms in total. The van der Waals surface area contributed by atoms with Gasteiger partial charge < -0.3 is 15.1 Å². The molecule has 0 atom stereocenters.